The summed E-state index contributed by atoms with van der Waals surface area (Å²) in [5.41, 5.74) is 0. The summed E-state index contributed by atoms with van der Waals surface area (Å²) in [6, 6.07) is 0.0632. The highest BCUT2D eigenvalue weighted by molar-refractivity contribution is 7.89. The molecule has 1 aromatic rings. The molecule has 0 radical (unpaired) electrons. The molecule has 96 valence electrons. The van der Waals surface area contributed by atoms with E-state index in [1.54, 1.807) is 0 Å². The number of imidazole rings is 1. The third-order valence-electron chi connectivity index (χ3n) is 3.34. The maximum atomic E-state index is 12.0. The van der Waals surface area contributed by atoms with Crippen LogP contribution in [-0.2, 0) is 10.0 Å². The van der Waals surface area contributed by atoms with Crippen LogP contribution in [0.4, 0.5) is 0 Å². The van der Waals surface area contributed by atoms with Gasteiger partial charge in [-0.05, 0) is 25.2 Å². The molecule has 1 aromatic heterocycles. The van der Waals surface area contributed by atoms with E-state index in [-0.39, 0.29) is 11.1 Å². The van der Waals surface area contributed by atoms with Gasteiger partial charge in [0, 0.05) is 6.04 Å². The number of hydrogen-bond acceptors (Lipinski definition) is 3. The van der Waals surface area contributed by atoms with Gasteiger partial charge in [-0.1, -0.05) is 19.8 Å². The summed E-state index contributed by atoms with van der Waals surface area (Å²) in [4.78, 5) is 6.37. The van der Waals surface area contributed by atoms with Crippen LogP contribution in [-0.4, -0.2) is 24.4 Å². The Kier molecular flexibility index (Phi) is 3.83. The van der Waals surface area contributed by atoms with Crippen molar-refractivity contribution in [2.24, 2.45) is 5.92 Å². The van der Waals surface area contributed by atoms with Gasteiger partial charge in [-0.2, -0.15) is 0 Å². The zero-order valence-corrected chi connectivity index (χ0v) is 10.8. The molecule has 1 heterocycles. The van der Waals surface area contributed by atoms with Crippen molar-refractivity contribution in [1.29, 1.82) is 0 Å². The number of nitrogens with one attached hydrogen (secondary N) is 2. The van der Waals surface area contributed by atoms with Crippen LogP contribution in [0.5, 0.6) is 0 Å². The molecule has 0 bridgehead atoms. The van der Waals surface area contributed by atoms with Crippen LogP contribution >= 0.6 is 0 Å². The summed E-state index contributed by atoms with van der Waals surface area (Å²) in [6.07, 6.45) is 7.95. The van der Waals surface area contributed by atoms with Crippen LogP contribution in [0.2, 0.25) is 0 Å². The highest BCUT2D eigenvalue weighted by Gasteiger charge is 2.23. The molecule has 6 heteroatoms. The van der Waals surface area contributed by atoms with Crippen molar-refractivity contribution in [2.45, 2.75) is 50.1 Å². The Morgan fingerprint density at radius 1 is 1.35 bits per heavy atom. The molecular formula is C11H19N3O2S. The Balaban J connectivity index is 2.01. The van der Waals surface area contributed by atoms with Crippen LogP contribution in [0.3, 0.4) is 0 Å². The minimum Gasteiger partial charge on any atom is -0.335 e. The number of aromatic amines is 1. The number of H-pyrrole nitrogens is 1. The van der Waals surface area contributed by atoms with E-state index in [0.29, 0.717) is 5.92 Å². The van der Waals surface area contributed by atoms with Gasteiger partial charge in [0.05, 0.1) is 12.5 Å². The van der Waals surface area contributed by atoms with Crippen molar-refractivity contribution in [3.05, 3.63) is 12.5 Å². The van der Waals surface area contributed by atoms with Crippen LogP contribution in [0, 0.1) is 5.92 Å². The Bertz CT molecular complexity index is 441. The van der Waals surface area contributed by atoms with Gasteiger partial charge in [0.25, 0.3) is 10.0 Å². The Morgan fingerprint density at radius 3 is 2.88 bits per heavy atom. The van der Waals surface area contributed by atoms with Gasteiger partial charge in [-0.15, -0.1) is 0 Å². The molecular weight excluding hydrogens is 238 g/mol. The molecule has 1 aliphatic rings. The van der Waals surface area contributed by atoms with Gasteiger partial charge >= 0.3 is 0 Å². The van der Waals surface area contributed by atoms with Crippen LogP contribution < -0.4 is 4.72 Å². The number of aromatic nitrogens is 2. The third-order valence-corrected chi connectivity index (χ3v) is 4.79. The highest BCUT2D eigenvalue weighted by atomic mass is 32.2. The molecule has 1 fully saturated rings. The predicted octanol–water partition coefficient (Wildman–Crippen LogP) is 1.66. The topological polar surface area (TPSA) is 74.8 Å². The highest BCUT2D eigenvalue weighted by Crippen LogP contribution is 2.23. The van der Waals surface area contributed by atoms with Crippen molar-refractivity contribution in [2.75, 3.05) is 0 Å². The molecule has 2 unspecified atom stereocenters. The minimum absolute atomic E-state index is 0.0632. The Morgan fingerprint density at radius 2 is 2.18 bits per heavy atom. The van der Waals surface area contributed by atoms with Gasteiger partial charge in [0.15, 0.2) is 5.03 Å². The van der Waals surface area contributed by atoms with Crippen molar-refractivity contribution in [1.82, 2.24) is 14.7 Å². The SMILES string of the molecule is CC1CCCC(NS(=O)(=O)c2cnc[nH]2)CC1. The van der Waals surface area contributed by atoms with Crippen molar-refractivity contribution >= 4 is 10.0 Å². The van der Waals surface area contributed by atoms with E-state index in [0.717, 1.165) is 25.7 Å². The quantitative estimate of drug-likeness (QED) is 0.809. The number of nitrogens with zero attached hydrogens (tertiary/aromatic N) is 1. The average Bonchev–Trinajstić information content (AvgIpc) is 2.73. The summed E-state index contributed by atoms with van der Waals surface area (Å²) < 4.78 is 26.7. The number of rotatable bonds is 3. The first-order chi connectivity index (χ1) is 8.08. The monoisotopic (exact) mass is 257 g/mol. The van der Waals surface area contributed by atoms with Crippen molar-refractivity contribution in [3.8, 4) is 0 Å². The molecule has 2 N–H and O–H groups in total. The largest absolute Gasteiger partial charge is 0.335 e. The normalized spacial score (nSPS) is 26.6. The molecule has 0 amide bonds. The van der Waals surface area contributed by atoms with Gasteiger partial charge < -0.3 is 4.98 Å². The van der Waals surface area contributed by atoms with E-state index in [1.807, 2.05) is 0 Å². The van der Waals surface area contributed by atoms with Gasteiger partial charge in [0.2, 0.25) is 0 Å². The van der Waals surface area contributed by atoms with E-state index < -0.39 is 10.0 Å². The smallest absolute Gasteiger partial charge is 0.257 e. The van der Waals surface area contributed by atoms with E-state index in [9.17, 15) is 8.42 Å². The summed E-state index contributed by atoms with van der Waals surface area (Å²) in [5, 5.41) is 0.148. The predicted molar refractivity (Wildman–Crippen MR) is 64.9 cm³/mol. The molecule has 1 saturated carbocycles. The molecule has 2 atom stereocenters. The lowest BCUT2D eigenvalue weighted by atomic mass is 10.0. The first kappa shape index (κ1) is 12.6. The Hall–Kier alpha value is -0.880. The second-order valence-electron chi connectivity index (χ2n) is 4.85. The van der Waals surface area contributed by atoms with Gasteiger partial charge in [-0.25, -0.2) is 18.1 Å². The maximum absolute atomic E-state index is 12.0. The fourth-order valence-electron chi connectivity index (χ4n) is 2.28. The standard InChI is InChI=1S/C11H19N3O2S/c1-9-3-2-4-10(6-5-9)14-17(15,16)11-7-12-8-13-11/h7-10,14H,2-6H2,1H3,(H,12,13). The van der Waals surface area contributed by atoms with Crippen LogP contribution in [0.1, 0.15) is 39.0 Å². The molecule has 1 aliphatic carbocycles. The molecule has 17 heavy (non-hydrogen) atoms. The van der Waals surface area contributed by atoms with Crippen molar-refractivity contribution in [3.63, 3.8) is 0 Å². The zero-order valence-electron chi connectivity index (χ0n) is 10.0. The summed E-state index contributed by atoms with van der Waals surface area (Å²) in [7, 11) is -3.42. The first-order valence-corrected chi connectivity index (χ1v) is 7.57. The fraction of sp³-hybridized carbons (Fsp3) is 0.727. The molecule has 5 nitrogen and oxygen atoms in total. The van der Waals surface area contributed by atoms with E-state index in [1.165, 1.54) is 18.9 Å². The molecule has 0 spiro atoms. The molecule has 0 aromatic carbocycles. The maximum Gasteiger partial charge on any atom is 0.257 e. The first-order valence-electron chi connectivity index (χ1n) is 6.08. The van der Waals surface area contributed by atoms with Crippen LogP contribution in [0.15, 0.2) is 17.6 Å². The summed E-state index contributed by atoms with van der Waals surface area (Å²) in [5.74, 6) is 0.705. The molecule has 0 saturated heterocycles. The fourth-order valence-corrected chi connectivity index (χ4v) is 3.49. The Labute approximate surface area is 102 Å². The number of sulfonamides is 1. The van der Waals surface area contributed by atoms with E-state index in [2.05, 4.69) is 21.6 Å². The zero-order chi connectivity index (χ0) is 12.3. The van der Waals surface area contributed by atoms with Crippen LogP contribution in [0.25, 0.3) is 0 Å². The second-order valence-corrected chi connectivity index (χ2v) is 6.53. The van der Waals surface area contributed by atoms with Gasteiger partial charge in [-0.3, -0.25) is 0 Å². The second kappa shape index (κ2) is 5.18. The lowest BCUT2D eigenvalue weighted by molar-refractivity contribution is 0.484. The lowest BCUT2D eigenvalue weighted by Gasteiger charge is -2.15. The molecule has 2 rings (SSSR count). The molecule has 0 aliphatic heterocycles. The van der Waals surface area contributed by atoms with E-state index >= 15 is 0 Å². The van der Waals surface area contributed by atoms with Crippen molar-refractivity contribution < 1.29 is 8.42 Å². The lowest BCUT2D eigenvalue weighted by Crippen LogP contribution is -2.34. The summed E-state index contributed by atoms with van der Waals surface area (Å²) >= 11 is 0. The average molecular weight is 257 g/mol. The summed E-state index contributed by atoms with van der Waals surface area (Å²) in [6.45, 7) is 2.23. The third kappa shape index (κ3) is 3.29. The van der Waals surface area contributed by atoms with E-state index in [4.69, 9.17) is 0 Å². The minimum atomic E-state index is -3.42. The van der Waals surface area contributed by atoms with Gasteiger partial charge in [0.1, 0.15) is 0 Å². The number of hydrogen-bond donors (Lipinski definition) is 2.